The summed E-state index contributed by atoms with van der Waals surface area (Å²) >= 11 is 0. The predicted molar refractivity (Wildman–Crippen MR) is 59.2 cm³/mol. The van der Waals surface area contributed by atoms with Crippen molar-refractivity contribution in [1.82, 2.24) is 0 Å². The molecule has 0 aliphatic heterocycles. The lowest BCUT2D eigenvalue weighted by atomic mass is 9.98. The van der Waals surface area contributed by atoms with Crippen LogP contribution in [0.3, 0.4) is 0 Å². The molecule has 0 aliphatic rings. The average Bonchev–Trinajstić information content (AvgIpc) is 2.09. The van der Waals surface area contributed by atoms with Crippen LogP contribution in [0.4, 0.5) is 4.39 Å². The summed E-state index contributed by atoms with van der Waals surface area (Å²) in [4.78, 5) is 0. The summed E-state index contributed by atoms with van der Waals surface area (Å²) in [5.41, 5.74) is -1.44. The molecule has 0 radical (unpaired) electrons. The van der Waals surface area contributed by atoms with E-state index in [9.17, 15) is 9.50 Å². The number of halogens is 1. The Hall–Kier alpha value is -0.110. The monoisotopic (exact) mass is 204 g/mol. The summed E-state index contributed by atoms with van der Waals surface area (Å²) in [5, 5.41) is 9.41. The van der Waals surface area contributed by atoms with Crippen molar-refractivity contribution in [3.05, 3.63) is 0 Å². The Balaban J connectivity index is 3.28. The Bertz CT molecular complexity index is 129. The Morgan fingerprint density at radius 2 is 1.57 bits per heavy atom. The molecule has 0 saturated heterocycles. The summed E-state index contributed by atoms with van der Waals surface area (Å²) in [6.07, 6.45) is 6.88. The number of aliphatic hydroxyl groups is 1. The molecule has 0 aromatic rings. The van der Waals surface area contributed by atoms with Crippen LogP contribution in [0.5, 0.6) is 0 Å². The number of aliphatic hydroxyl groups excluding tert-OH is 1. The summed E-state index contributed by atoms with van der Waals surface area (Å²) < 4.78 is 13.2. The molecule has 0 aliphatic carbocycles. The molecule has 14 heavy (non-hydrogen) atoms. The second-order valence-electron chi connectivity index (χ2n) is 4.64. The molecule has 1 unspecified atom stereocenters. The zero-order valence-corrected chi connectivity index (χ0v) is 9.85. The smallest absolute Gasteiger partial charge is 0.131 e. The van der Waals surface area contributed by atoms with E-state index in [4.69, 9.17) is 0 Å². The molecule has 0 aromatic carbocycles. The van der Waals surface area contributed by atoms with Gasteiger partial charge in [0.15, 0.2) is 0 Å². The predicted octanol–water partition coefficient (Wildman–Crippen LogP) is 3.85. The van der Waals surface area contributed by atoms with Gasteiger partial charge in [-0.05, 0) is 20.3 Å². The molecule has 0 fully saturated rings. The zero-order chi connectivity index (χ0) is 11.0. The number of hydrogen-bond acceptors (Lipinski definition) is 1. The summed E-state index contributed by atoms with van der Waals surface area (Å²) in [6.45, 7) is 5.07. The van der Waals surface area contributed by atoms with E-state index >= 15 is 0 Å². The van der Waals surface area contributed by atoms with Crippen LogP contribution in [0, 0.1) is 0 Å². The van der Waals surface area contributed by atoms with Crippen molar-refractivity contribution in [3.8, 4) is 0 Å². The fourth-order valence-corrected chi connectivity index (χ4v) is 1.46. The molecule has 0 heterocycles. The summed E-state index contributed by atoms with van der Waals surface area (Å²) in [5.74, 6) is 0. The minimum absolute atomic E-state index is 0.593. The van der Waals surface area contributed by atoms with E-state index in [1.807, 2.05) is 0 Å². The van der Waals surface area contributed by atoms with Gasteiger partial charge in [0.05, 0.1) is 6.10 Å². The van der Waals surface area contributed by atoms with Crippen molar-refractivity contribution in [3.63, 3.8) is 0 Å². The van der Waals surface area contributed by atoms with Gasteiger partial charge in [0.2, 0.25) is 0 Å². The van der Waals surface area contributed by atoms with E-state index in [1.165, 1.54) is 39.5 Å². The molecule has 2 heteroatoms. The molecule has 0 amide bonds. The van der Waals surface area contributed by atoms with Crippen LogP contribution in [-0.4, -0.2) is 16.9 Å². The van der Waals surface area contributed by atoms with Gasteiger partial charge in [0.1, 0.15) is 5.67 Å². The summed E-state index contributed by atoms with van der Waals surface area (Å²) in [6, 6.07) is 0. The zero-order valence-electron chi connectivity index (χ0n) is 9.85. The minimum Gasteiger partial charge on any atom is -0.390 e. The van der Waals surface area contributed by atoms with Gasteiger partial charge >= 0.3 is 0 Å². The second kappa shape index (κ2) is 7.22. The first-order valence-corrected chi connectivity index (χ1v) is 5.85. The maximum Gasteiger partial charge on any atom is 0.131 e. The second-order valence-corrected chi connectivity index (χ2v) is 4.64. The highest BCUT2D eigenvalue weighted by Crippen LogP contribution is 2.19. The molecule has 0 aromatic heterocycles. The van der Waals surface area contributed by atoms with Crippen LogP contribution >= 0.6 is 0 Å². The molecule has 0 bridgehead atoms. The standard InChI is InChI=1S/C12H25FO/c1-4-5-6-7-8-9-10-11(14)12(2,3)13/h11,14H,4-10H2,1-3H3. The SMILES string of the molecule is CCCCCCCCC(O)C(C)(C)F. The average molecular weight is 204 g/mol. The number of hydrogen-bond donors (Lipinski definition) is 1. The first-order chi connectivity index (χ1) is 6.48. The Kier molecular flexibility index (Phi) is 7.16. The van der Waals surface area contributed by atoms with Gasteiger partial charge in [-0.15, -0.1) is 0 Å². The Morgan fingerprint density at radius 3 is 2.07 bits per heavy atom. The first kappa shape index (κ1) is 13.9. The van der Waals surface area contributed by atoms with E-state index in [-0.39, 0.29) is 0 Å². The van der Waals surface area contributed by atoms with Crippen LogP contribution in [0.2, 0.25) is 0 Å². The van der Waals surface area contributed by atoms with Crippen LogP contribution in [0.1, 0.15) is 65.7 Å². The fourth-order valence-electron chi connectivity index (χ4n) is 1.46. The molecule has 0 saturated carbocycles. The minimum atomic E-state index is -1.44. The first-order valence-electron chi connectivity index (χ1n) is 5.85. The van der Waals surface area contributed by atoms with Crippen molar-refractivity contribution in [2.45, 2.75) is 77.5 Å². The number of unbranched alkanes of at least 4 members (excludes halogenated alkanes) is 5. The molecule has 1 nitrogen and oxygen atoms in total. The fraction of sp³-hybridized carbons (Fsp3) is 1.00. The lowest BCUT2D eigenvalue weighted by molar-refractivity contribution is 0.0104. The molecule has 1 N–H and O–H groups in total. The normalized spacial score (nSPS) is 14.4. The lowest BCUT2D eigenvalue weighted by Gasteiger charge is -2.21. The molecule has 0 spiro atoms. The van der Waals surface area contributed by atoms with Crippen LogP contribution in [0.25, 0.3) is 0 Å². The molecule has 86 valence electrons. The Labute approximate surface area is 87.7 Å². The highest BCUT2D eigenvalue weighted by molar-refractivity contribution is 4.76. The van der Waals surface area contributed by atoms with Crippen molar-refractivity contribution < 1.29 is 9.50 Å². The van der Waals surface area contributed by atoms with Gasteiger partial charge < -0.3 is 5.11 Å². The van der Waals surface area contributed by atoms with E-state index in [0.717, 1.165) is 12.8 Å². The highest BCUT2D eigenvalue weighted by atomic mass is 19.1. The van der Waals surface area contributed by atoms with Crippen molar-refractivity contribution in [2.24, 2.45) is 0 Å². The molecular formula is C12H25FO. The molecular weight excluding hydrogens is 179 g/mol. The van der Waals surface area contributed by atoms with Gasteiger partial charge in [0, 0.05) is 0 Å². The van der Waals surface area contributed by atoms with Crippen LogP contribution in [0.15, 0.2) is 0 Å². The third-order valence-electron chi connectivity index (χ3n) is 2.62. The maximum atomic E-state index is 13.2. The maximum absolute atomic E-state index is 13.2. The van der Waals surface area contributed by atoms with Crippen LogP contribution in [-0.2, 0) is 0 Å². The van der Waals surface area contributed by atoms with Crippen molar-refractivity contribution >= 4 is 0 Å². The quantitative estimate of drug-likeness (QED) is 0.595. The molecule has 0 rings (SSSR count). The Morgan fingerprint density at radius 1 is 1.07 bits per heavy atom. The number of rotatable bonds is 8. The van der Waals surface area contributed by atoms with E-state index in [0.29, 0.717) is 6.42 Å². The topological polar surface area (TPSA) is 20.2 Å². The third kappa shape index (κ3) is 7.31. The third-order valence-corrected chi connectivity index (χ3v) is 2.62. The van der Waals surface area contributed by atoms with E-state index in [1.54, 1.807) is 0 Å². The van der Waals surface area contributed by atoms with Gasteiger partial charge in [-0.1, -0.05) is 45.4 Å². The summed E-state index contributed by atoms with van der Waals surface area (Å²) in [7, 11) is 0. The van der Waals surface area contributed by atoms with Crippen molar-refractivity contribution in [1.29, 1.82) is 0 Å². The molecule has 1 atom stereocenters. The lowest BCUT2D eigenvalue weighted by Crippen LogP contribution is -2.31. The number of alkyl halides is 1. The van der Waals surface area contributed by atoms with Crippen molar-refractivity contribution in [2.75, 3.05) is 0 Å². The van der Waals surface area contributed by atoms with Gasteiger partial charge in [0.25, 0.3) is 0 Å². The van der Waals surface area contributed by atoms with Gasteiger partial charge in [-0.25, -0.2) is 4.39 Å². The van der Waals surface area contributed by atoms with Gasteiger partial charge in [-0.2, -0.15) is 0 Å². The largest absolute Gasteiger partial charge is 0.390 e. The van der Waals surface area contributed by atoms with Gasteiger partial charge in [-0.3, -0.25) is 0 Å². The van der Waals surface area contributed by atoms with E-state index < -0.39 is 11.8 Å². The van der Waals surface area contributed by atoms with Crippen LogP contribution < -0.4 is 0 Å². The van der Waals surface area contributed by atoms with E-state index in [2.05, 4.69) is 6.92 Å². The highest BCUT2D eigenvalue weighted by Gasteiger charge is 2.25.